The van der Waals surface area contributed by atoms with E-state index in [1.54, 1.807) is 11.7 Å². The van der Waals surface area contributed by atoms with Crippen LogP contribution in [0.15, 0.2) is 23.8 Å². The first-order valence-corrected chi connectivity index (χ1v) is 5.89. The second-order valence-corrected chi connectivity index (χ2v) is 4.62. The van der Waals surface area contributed by atoms with Crippen molar-refractivity contribution in [3.05, 3.63) is 45.7 Å². The van der Waals surface area contributed by atoms with Crippen LogP contribution in [0.1, 0.15) is 26.6 Å². The number of rotatable bonds is 3. The predicted octanol–water partition coefficient (Wildman–Crippen LogP) is 2.58. The number of Topliss-reactive ketones (excluding diaryl/α,β-unsaturated/α-hetero) is 1. The number of hydrogen-bond acceptors (Lipinski definition) is 4. The van der Waals surface area contributed by atoms with Gasteiger partial charge in [0.1, 0.15) is 0 Å². The molecule has 0 fully saturated rings. The molecule has 16 heavy (non-hydrogen) atoms. The van der Waals surface area contributed by atoms with Gasteiger partial charge < -0.3 is 0 Å². The molecule has 0 amide bonds. The van der Waals surface area contributed by atoms with Crippen molar-refractivity contribution >= 4 is 17.1 Å². The molecular formula is C12H12N2OS. The van der Waals surface area contributed by atoms with E-state index < -0.39 is 0 Å². The van der Waals surface area contributed by atoms with Gasteiger partial charge in [0, 0.05) is 34.4 Å². The van der Waals surface area contributed by atoms with E-state index in [-0.39, 0.29) is 5.78 Å². The van der Waals surface area contributed by atoms with Gasteiger partial charge in [-0.25, -0.2) is 0 Å². The Hall–Kier alpha value is -1.55. The van der Waals surface area contributed by atoms with Crippen LogP contribution in [0.4, 0.5) is 0 Å². The van der Waals surface area contributed by atoms with Crippen molar-refractivity contribution in [3.63, 3.8) is 0 Å². The van der Waals surface area contributed by atoms with Gasteiger partial charge in [0.2, 0.25) is 0 Å². The first kappa shape index (κ1) is 11.0. The summed E-state index contributed by atoms with van der Waals surface area (Å²) in [6, 6.07) is 3.72. The lowest BCUT2D eigenvalue weighted by Gasteiger charge is -2.03. The first-order valence-electron chi connectivity index (χ1n) is 5.01. The van der Waals surface area contributed by atoms with Crippen molar-refractivity contribution in [2.24, 2.45) is 0 Å². The quantitative estimate of drug-likeness (QED) is 0.764. The third-order valence-corrected chi connectivity index (χ3v) is 3.12. The monoisotopic (exact) mass is 232 g/mol. The van der Waals surface area contributed by atoms with Gasteiger partial charge >= 0.3 is 0 Å². The van der Waals surface area contributed by atoms with E-state index in [0.29, 0.717) is 12.0 Å². The number of aryl methyl sites for hydroxylation is 2. The minimum absolute atomic E-state index is 0.106. The summed E-state index contributed by atoms with van der Waals surface area (Å²) in [7, 11) is 0. The van der Waals surface area contributed by atoms with Crippen molar-refractivity contribution < 1.29 is 4.79 Å². The fourth-order valence-electron chi connectivity index (χ4n) is 1.56. The zero-order valence-corrected chi connectivity index (χ0v) is 10.0. The van der Waals surface area contributed by atoms with Crippen molar-refractivity contribution in [3.8, 4) is 0 Å². The minimum Gasteiger partial charge on any atom is -0.294 e. The Kier molecular flexibility index (Phi) is 3.10. The molecule has 82 valence electrons. The maximum atomic E-state index is 12.0. The second kappa shape index (κ2) is 4.53. The topological polar surface area (TPSA) is 42.9 Å². The third-order valence-electron chi connectivity index (χ3n) is 2.34. The van der Waals surface area contributed by atoms with E-state index in [1.807, 2.05) is 26.0 Å². The van der Waals surface area contributed by atoms with Gasteiger partial charge in [-0.1, -0.05) is 0 Å². The number of carbonyl (C=O) groups is 1. The number of pyridine rings is 1. The highest BCUT2D eigenvalue weighted by Crippen LogP contribution is 2.13. The first-order chi connectivity index (χ1) is 7.66. The SMILES string of the molecule is Cc1ccc(C(=O)Cc2cncs2)c(C)n1. The molecular weight excluding hydrogens is 220 g/mol. The van der Waals surface area contributed by atoms with Crippen LogP contribution in [-0.4, -0.2) is 15.8 Å². The highest BCUT2D eigenvalue weighted by Gasteiger charge is 2.11. The van der Waals surface area contributed by atoms with Crippen LogP contribution in [0.3, 0.4) is 0 Å². The van der Waals surface area contributed by atoms with Crippen molar-refractivity contribution in [1.29, 1.82) is 0 Å². The summed E-state index contributed by atoms with van der Waals surface area (Å²) in [5, 5.41) is 0. The molecule has 0 aromatic carbocycles. The summed E-state index contributed by atoms with van der Waals surface area (Å²) in [6.07, 6.45) is 2.15. The van der Waals surface area contributed by atoms with Crippen molar-refractivity contribution in [2.75, 3.05) is 0 Å². The van der Waals surface area contributed by atoms with Crippen molar-refractivity contribution in [1.82, 2.24) is 9.97 Å². The molecule has 0 aliphatic heterocycles. The number of ketones is 1. The van der Waals surface area contributed by atoms with E-state index in [1.165, 1.54) is 11.3 Å². The Balaban J connectivity index is 2.21. The van der Waals surface area contributed by atoms with Gasteiger partial charge in [0.15, 0.2) is 5.78 Å². The molecule has 3 nitrogen and oxygen atoms in total. The third kappa shape index (κ3) is 2.33. The van der Waals surface area contributed by atoms with Gasteiger partial charge in [-0.15, -0.1) is 11.3 Å². The molecule has 0 N–H and O–H groups in total. The van der Waals surface area contributed by atoms with E-state index in [9.17, 15) is 4.79 Å². The summed E-state index contributed by atoms with van der Waals surface area (Å²) >= 11 is 1.50. The highest BCUT2D eigenvalue weighted by atomic mass is 32.1. The number of carbonyl (C=O) groups excluding carboxylic acids is 1. The molecule has 0 aliphatic carbocycles. The summed E-state index contributed by atoms with van der Waals surface area (Å²) in [5.74, 6) is 0.106. The van der Waals surface area contributed by atoms with Crippen LogP contribution >= 0.6 is 11.3 Å². The lowest BCUT2D eigenvalue weighted by Crippen LogP contribution is -2.06. The molecule has 2 aromatic heterocycles. The number of hydrogen-bond donors (Lipinski definition) is 0. The fourth-order valence-corrected chi connectivity index (χ4v) is 2.16. The van der Waals surface area contributed by atoms with Gasteiger partial charge in [0.05, 0.1) is 5.51 Å². The zero-order chi connectivity index (χ0) is 11.5. The highest BCUT2D eigenvalue weighted by molar-refractivity contribution is 7.09. The molecule has 0 radical (unpaired) electrons. The predicted molar refractivity (Wildman–Crippen MR) is 63.9 cm³/mol. The van der Waals surface area contributed by atoms with Gasteiger partial charge in [-0.3, -0.25) is 14.8 Å². The van der Waals surface area contributed by atoms with E-state index in [4.69, 9.17) is 0 Å². The standard InChI is InChI=1S/C12H12N2OS/c1-8-3-4-11(9(2)14-8)12(15)5-10-6-13-7-16-10/h3-4,6-7H,5H2,1-2H3. The second-order valence-electron chi connectivity index (χ2n) is 3.65. The molecule has 0 bridgehead atoms. The molecule has 2 aromatic rings. The Morgan fingerprint density at radius 3 is 2.81 bits per heavy atom. The number of thiazole rings is 1. The largest absolute Gasteiger partial charge is 0.294 e. The van der Waals surface area contributed by atoms with Gasteiger partial charge in [-0.05, 0) is 26.0 Å². The van der Waals surface area contributed by atoms with E-state index in [0.717, 1.165) is 16.3 Å². The lowest BCUT2D eigenvalue weighted by molar-refractivity contribution is 0.0993. The maximum Gasteiger partial charge on any atom is 0.169 e. The van der Waals surface area contributed by atoms with Crippen molar-refractivity contribution in [2.45, 2.75) is 20.3 Å². The molecule has 0 saturated heterocycles. The molecule has 4 heteroatoms. The van der Waals surface area contributed by atoms with Gasteiger partial charge in [0.25, 0.3) is 0 Å². The van der Waals surface area contributed by atoms with Crippen LogP contribution in [0, 0.1) is 13.8 Å². The average molecular weight is 232 g/mol. The Bertz CT molecular complexity index is 506. The fraction of sp³-hybridized carbons (Fsp3) is 0.250. The van der Waals surface area contributed by atoms with E-state index in [2.05, 4.69) is 9.97 Å². The summed E-state index contributed by atoms with van der Waals surface area (Å²) in [6.45, 7) is 3.79. The number of aromatic nitrogens is 2. The van der Waals surface area contributed by atoms with Crippen LogP contribution in [0.25, 0.3) is 0 Å². The molecule has 0 saturated carbocycles. The van der Waals surface area contributed by atoms with Crippen LogP contribution in [0.2, 0.25) is 0 Å². The average Bonchev–Trinajstić information content (AvgIpc) is 2.70. The summed E-state index contributed by atoms with van der Waals surface area (Å²) in [4.78, 5) is 21.2. The molecule has 2 heterocycles. The summed E-state index contributed by atoms with van der Waals surface area (Å²) < 4.78 is 0. The normalized spacial score (nSPS) is 10.4. The molecule has 2 rings (SSSR count). The smallest absolute Gasteiger partial charge is 0.169 e. The molecule has 0 unspecified atom stereocenters. The van der Waals surface area contributed by atoms with Crippen LogP contribution in [0.5, 0.6) is 0 Å². The van der Waals surface area contributed by atoms with Crippen LogP contribution in [-0.2, 0) is 6.42 Å². The molecule has 0 atom stereocenters. The minimum atomic E-state index is 0.106. The molecule has 0 aliphatic rings. The zero-order valence-electron chi connectivity index (χ0n) is 9.23. The van der Waals surface area contributed by atoms with Gasteiger partial charge in [-0.2, -0.15) is 0 Å². The summed E-state index contributed by atoms with van der Waals surface area (Å²) in [5.41, 5.74) is 4.18. The number of nitrogens with zero attached hydrogens (tertiary/aromatic N) is 2. The Labute approximate surface area is 98.2 Å². The Morgan fingerprint density at radius 1 is 1.38 bits per heavy atom. The maximum absolute atomic E-state index is 12.0. The lowest BCUT2D eigenvalue weighted by atomic mass is 10.1. The van der Waals surface area contributed by atoms with E-state index >= 15 is 0 Å². The molecule has 0 spiro atoms. The Morgan fingerprint density at radius 2 is 2.19 bits per heavy atom. The van der Waals surface area contributed by atoms with Crippen LogP contribution < -0.4 is 0 Å².